The van der Waals surface area contributed by atoms with Gasteiger partial charge in [0.25, 0.3) is 0 Å². The van der Waals surface area contributed by atoms with Crippen LogP contribution in [-0.2, 0) is 0 Å². The van der Waals surface area contributed by atoms with Gasteiger partial charge in [0, 0.05) is 26.2 Å². The van der Waals surface area contributed by atoms with Crippen LogP contribution in [0.3, 0.4) is 0 Å². The van der Waals surface area contributed by atoms with Crippen LogP contribution in [0.25, 0.3) is 0 Å². The molecule has 0 aromatic carbocycles. The molecule has 5 heteroatoms. The predicted octanol–water partition coefficient (Wildman–Crippen LogP) is 1.14. The third-order valence-corrected chi connectivity index (χ3v) is 3.03. The second kappa shape index (κ2) is 4.79. The molecule has 1 atom stereocenters. The highest BCUT2D eigenvalue weighted by molar-refractivity contribution is 5.73. The van der Waals surface area contributed by atoms with Gasteiger partial charge in [-0.2, -0.15) is 0 Å². The van der Waals surface area contributed by atoms with Gasteiger partial charge in [-0.1, -0.05) is 0 Å². The van der Waals surface area contributed by atoms with E-state index in [9.17, 15) is 9.18 Å². The van der Waals surface area contributed by atoms with Crippen LogP contribution in [-0.4, -0.2) is 48.3 Å². The van der Waals surface area contributed by atoms with Crippen LogP contribution >= 0.6 is 0 Å². The fourth-order valence-corrected chi connectivity index (χ4v) is 2.12. The van der Waals surface area contributed by atoms with Crippen LogP contribution in [0, 0.1) is 0 Å². The number of hydrogen-bond acceptors (Lipinski definition) is 2. The molecule has 0 saturated carbocycles. The minimum absolute atomic E-state index is 0.0659. The minimum Gasteiger partial charge on any atom is -0.324 e. The quantitative estimate of drug-likeness (QED) is 0.712. The molecular weight excluding hydrogens is 197 g/mol. The maximum atomic E-state index is 12.9. The molecule has 4 nitrogen and oxygen atoms in total. The molecule has 2 aliphatic rings. The fourth-order valence-electron chi connectivity index (χ4n) is 2.12. The van der Waals surface area contributed by atoms with Crippen molar-refractivity contribution in [3.05, 3.63) is 0 Å². The summed E-state index contributed by atoms with van der Waals surface area (Å²) in [5, 5.41) is 1.68. The van der Waals surface area contributed by atoms with E-state index in [4.69, 9.17) is 0 Å². The first-order chi connectivity index (χ1) is 7.25. The van der Waals surface area contributed by atoms with Crippen molar-refractivity contribution in [2.24, 2.45) is 0 Å². The molecule has 0 aromatic rings. The summed E-state index contributed by atoms with van der Waals surface area (Å²) in [7, 11) is 0. The number of alkyl halides is 1. The third-order valence-electron chi connectivity index (χ3n) is 3.03. The molecule has 0 aliphatic carbocycles. The number of halogens is 1. The SMILES string of the molecule is O=C(NN1CCC(F)C1)N1CCCCC1. The summed E-state index contributed by atoms with van der Waals surface area (Å²) in [5.41, 5.74) is 2.76. The monoisotopic (exact) mass is 215 g/mol. The molecule has 15 heavy (non-hydrogen) atoms. The Hall–Kier alpha value is -0.840. The Kier molecular flexibility index (Phi) is 3.41. The van der Waals surface area contributed by atoms with E-state index >= 15 is 0 Å². The first-order valence-corrected chi connectivity index (χ1v) is 5.70. The average Bonchev–Trinajstić information content (AvgIpc) is 2.65. The number of likely N-dealkylation sites (tertiary alicyclic amines) is 1. The molecule has 2 heterocycles. The number of hydrazine groups is 1. The maximum Gasteiger partial charge on any atom is 0.331 e. The first-order valence-electron chi connectivity index (χ1n) is 5.70. The number of carbonyl (C=O) groups is 1. The summed E-state index contributed by atoms with van der Waals surface area (Å²) >= 11 is 0. The highest BCUT2D eigenvalue weighted by atomic mass is 19.1. The largest absolute Gasteiger partial charge is 0.331 e. The van der Waals surface area contributed by atoms with Crippen molar-refractivity contribution in [3.63, 3.8) is 0 Å². The molecule has 0 radical (unpaired) electrons. The van der Waals surface area contributed by atoms with E-state index in [1.165, 1.54) is 6.42 Å². The predicted molar refractivity (Wildman–Crippen MR) is 55.0 cm³/mol. The van der Waals surface area contributed by atoms with Crippen LogP contribution in [0.4, 0.5) is 9.18 Å². The number of amides is 2. The Labute approximate surface area is 89.4 Å². The number of nitrogens with zero attached hydrogens (tertiary/aromatic N) is 2. The first kappa shape index (κ1) is 10.7. The topological polar surface area (TPSA) is 35.6 Å². The van der Waals surface area contributed by atoms with Gasteiger partial charge in [-0.25, -0.2) is 14.2 Å². The summed E-state index contributed by atoms with van der Waals surface area (Å²) < 4.78 is 12.9. The van der Waals surface area contributed by atoms with E-state index < -0.39 is 6.17 Å². The molecule has 2 fully saturated rings. The van der Waals surface area contributed by atoms with Crippen molar-refractivity contribution < 1.29 is 9.18 Å². The van der Waals surface area contributed by atoms with Gasteiger partial charge in [-0.15, -0.1) is 0 Å². The molecule has 2 amide bonds. The van der Waals surface area contributed by atoms with Crippen molar-refractivity contribution in [2.75, 3.05) is 26.2 Å². The van der Waals surface area contributed by atoms with Crippen LogP contribution in [0.2, 0.25) is 0 Å². The highest BCUT2D eigenvalue weighted by Gasteiger charge is 2.25. The van der Waals surface area contributed by atoms with Gasteiger partial charge < -0.3 is 4.90 Å². The Morgan fingerprint density at radius 2 is 1.93 bits per heavy atom. The Balaban J connectivity index is 1.76. The number of hydrogen-bond donors (Lipinski definition) is 1. The fraction of sp³-hybridized carbons (Fsp3) is 0.900. The van der Waals surface area contributed by atoms with Crippen molar-refractivity contribution in [3.8, 4) is 0 Å². The summed E-state index contributed by atoms with van der Waals surface area (Å²) in [5.74, 6) is 0. The zero-order valence-electron chi connectivity index (χ0n) is 8.91. The Morgan fingerprint density at radius 1 is 1.20 bits per heavy atom. The van der Waals surface area contributed by atoms with Crippen molar-refractivity contribution in [1.82, 2.24) is 15.3 Å². The van der Waals surface area contributed by atoms with Gasteiger partial charge in [-0.3, -0.25) is 5.43 Å². The summed E-state index contributed by atoms with van der Waals surface area (Å²) in [4.78, 5) is 13.5. The molecule has 2 saturated heterocycles. The minimum atomic E-state index is -0.786. The van der Waals surface area contributed by atoms with E-state index in [2.05, 4.69) is 5.43 Å². The van der Waals surface area contributed by atoms with Gasteiger partial charge >= 0.3 is 6.03 Å². The molecule has 1 N–H and O–H groups in total. The van der Waals surface area contributed by atoms with E-state index in [1.807, 2.05) is 4.90 Å². The average molecular weight is 215 g/mol. The number of nitrogens with one attached hydrogen (secondary N) is 1. The van der Waals surface area contributed by atoms with Gasteiger partial charge in [-0.05, 0) is 25.7 Å². The van der Waals surface area contributed by atoms with Crippen LogP contribution in [0.5, 0.6) is 0 Å². The molecule has 86 valence electrons. The highest BCUT2D eigenvalue weighted by Crippen LogP contribution is 2.12. The second-order valence-corrected chi connectivity index (χ2v) is 4.30. The zero-order chi connectivity index (χ0) is 10.7. The summed E-state index contributed by atoms with van der Waals surface area (Å²) in [6, 6.07) is -0.0659. The number of piperidine rings is 1. The lowest BCUT2D eigenvalue weighted by Gasteiger charge is -2.29. The molecule has 0 bridgehead atoms. The smallest absolute Gasteiger partial charge is 0.324 e. The molecule has 2 rings (SSSR count). The van der Waals surface area contributed by atoms with Gasteiger partial charge in [0.05, 0.1) is 0 Å². The van der Waals surface area contributed by atoms with E-state index in [0.717, 1.165) is 25.9 Å². The standard InChI is InChI=1S/C10H18FN3O/c11-9-4-7-14(8-9)12-10(15)13-5-2-1-3-6-13/h9H,1-8H2,(H,12,15). The number of rotatable bonds is 1. The molecule has 0 spiro atoms. The zero-order valence-corrected chi connectivity index (χ0v) is 8.91. The molecule has 2 aliphatic heterocycles. The van der Waals surface area contributed by atoms with Crippen LogP contribution in [0.15, 0.2) is 0 Å². The summed E-state index contributed by atoms with van der Waals surface area (Å²) in [6.07, 6.45) is 3.12. The second-order valence-electron chi connectivity index (χ2n) is 4.30. The van der Waals surface area contributed by atoms with Gasteiger partial charge in [0.1, 0.15) is 6.17 Å². The van der Waals surface area contributed by atoms with Crippen molar-refractivity contribution in [1.29, 1.82) is 0 Å². The lowest BCUT2D eigenvalue weighted by Crippen LogP contribution is -2.49. The lowest BCUT2D eigenvalue weighted by atomic mass is 10.1. The summed E-state index contributed by atoms with van der Waals surface area (Å²) in [6.45, 7) is 2.62. The third kappa shape index (κ3) is 2.81. The van der Waals surface area contributed by atoms with Gasteiger partial charge in [0.15, 0.2) is 0 Å². The van der Waals surface area contributed by atoms with Crippen molar-refractivity contribution in [2.45, 2.75) is 31.9 Å². The lowest BCUT2D eigenvalue weighted by molar-refractivity contribution is 0.147. The molecule has 1 unspecified atom stereocenters. The van der Waals surface area contributed by atoms with Crippen molar-refractivity contribution >= 4 is 6.03 Å². The van der Waals surface area contributed by atoms with Crippen LogP contribution in [0.1, 0.15) is 25.7 Å². The number of urea groups is 1. The van der Waals surface area contributed by atoms with E-state index in [-0.39, 0.29) is 6.03 Å². The molecule has 0 aromatic heterocycles. The van der Waals surface area contributed by atoms with Gasteiger partial charge in [0.2, 0.25) is 0 Å². The number of carbonyl (C=O) groups excluding carboxylic acids is 1. The Morgan fingerprint density at radius 3 is 2.53 bits per heavy atom. The van der Waals surface area contributed by atoms with E-state index in [1.54, 1.807) is 5.01 Å². The maximum absolute atomic E-state index is 12.9. The Bertz CT molecular complexity index is 231. The molecular formula is C10H18FN3O. The normalized spacial score (nSPS) is 28.1. The van der Waals surface area contributed by atoms with Crippen LogP contribution < -0.4 is 5.43 Å². The van der Waals surface area contributed by atoms with E-state index in [0.29, 0.717) is 19.5 Å².